The number of aliphatic hydroxyl groups is 2. The van der Waals surface area contributed by atoms with Crippen LogP contribution in [0.2, 0.25) is 0 Å². The van der Waals surface area contributed by atoms with Gasteiger partial charge < -0.3 is 100 Å². The normalized spacial score (nSPS) is 16.7. The van der Waals surface area contributed by atoms with E-state index in [1.54, 1.807) is 12.1 Å². The van der Waals surface area contributed by atoms with Gasteiger partial charge in [0.15, 0.2) is 6.61 Å². The molecular weight excluding hydrogens is 1920 g/mol. The zero-order valence-electron chi connectivity index (χ0n) is 78.0. The first-order chi connectivity index (χ1) is 53.1. The van der Waals surface area contributed by atoms with Crippen molar-refractivity contribution in [2.24, 2.45) is 29.4 Å². The Bertz CT molecular complexity index is 3070. The number of carbonyl (C=O) groups excluding carboxylic acids is 5. The minimum absolute atomic E-state index is 0. The Morgan fingerprint density at radius 2 is 0.669 bits per heavy atom. The van der Waals surface area contributed by atoms with Crippen LogP contribution in [0.5, 0.6) is 5.75 Å². The number of amides is 2. The smallest absolute Gasteiger partial charge is 0.482 e. The van der Waals surface area contributed by atoms with Crippen molar-refractivity contribution in [3.05, 3.63) is 162 Å². The van der Waals surface area contributed by atoms with Crippen LogP contribution in [0.15, 0.2) is 36.4 Å². The van der Waals surface area contributed by atoms with Crippen LogP contribution in [0.4, 0.5) is 30.7 Å². The van der Waals surface area contributed by atoms with Crippen LogP contribution >= 0.6 is 34.8 Å². The van der Waals surface area contributed by atoms with E-state index in [0.717, 1.165) is 114 Å². The van der Waals surface area contributed by atoms with E-state index in [1.807, 2.05) is 0 Å². The third-order valence-corrected chi connectivity index (χ3v) is 20.7. The second kappa shape index (κ2) is 95.1. The number of hydrogen-bond donors (Lipinski definition) is 6. The quantitative estimate of drug-likeness (QED) is 0.0379. The van der Waals surface area contributed by atoms with Crippen molar-refractivity contribution < 1.29 is 165 Å². The standard InChI is InChI=1S/C18H18F3N3O2.C10H16N2O2.C8H3F4N.C6H9ClO.C6H10O2.6C5H10.C4H8N2O.C2Cl2O2.10CH3.5Fe/c1-17(23-2,24-16(25)13-5-3-4-6-13)11-26-15-9-12(10-22)7-8-14(15)18(19,20)21;1-10(7-13,11-2)12-9(14)8-5-3-4-6-8;9-7-3-5(4-13)1-2-6(7)8(10,11)12;2*7-6(8)5-3-1-2-4-5;6*1-2-4-5-3-1;1-4(6,2-5)3-7;3-1(5)2(4)6;;;;;;;;;;;;;;;/h7-9,13H,3-6,11H2,1H3,(H,24,25);8,13H,3-7H2,1H3,(H,12,14);1-3H;5H,1-4H2;5H,1-4H2,(H,7,8);6*1-5H2;7H,3,6H2,1H3;;10*1H3;;;;;/q;;;;;;;;;;;;;10*-1;5*+2. The molecule has 10 aliphatic carbocycles. The molecule has 0 spiro atoms. The number of carbonyl (C=O) groups is 6. The van der Waals surface area contributed by atoms with Crippen LogP contribution in [0, 0.1) is 151 Å². The average Bonchev–Trinajstić information content (AvgIpc) is 1.39. The number of alkyl halides is 6. The van der Waals surface area contributed by atoms with Crippen molar-refractivity contribution >= 4 is 68.3 Å². The van der Waals surface area contributed by atoms with E-state index < -0.39 is 75.0 Å². The van der Waals surface area contributed by atoms with Crippen molar-refractivity contribution in [1.82, 2.24) is 10.6 Å². The zero-order chi connectivity index (χ0) is 84.3. The molecule has 2 aromatic rings. The van der Waals surface area contributed by atoms with E-state index in [9.17, 15) is 59.5 Å². The average molecular weight is 2070 g/mol. The number of aliphatic carboxylic acids is 1. The maximum Gasteiger partial charge on any atom is 2.00 e. The second-order valence-corrected chi connectivity index (χ2v) is 31.3. The summed E-state index contributed by atoms with van der Waals surface area (Å²) in [5.74, 6) is -2.91. The summed E-state index contributed by atoms with van der Waals surface area (Å²) in [6.45, 7) is 17.5. The van der Waals surface area contributed by atoms with E-state index >= 15 is 0 Å². The molecule has 0 bridgehead atoms. The molecule has 0 aliphatic heterocycles. The molecule has 10 saturated carbocycles. The third-order valence-electron chi connectivity index (χ3n) is 20.0. The van der Waals surface area contributed by atoms with Gasteiger partial charge in [0.25, 0.3) is 0 Å². The summed E-state index contributed by atoms with van der Waals surface area (Å²) in [7, 11) is 0. The number of nitrogens with two attached hydrogens (primary N) is 1. The van der Waals surface area contributed by atoms with E-state index in [4.69, 9.17) is 66.3 Å². The molecule has 0 saturated heterocycles. The van der Waals surface area contributed by atoms with Crippen LogP contribution in [0.3, 0.4) is 0 Å². The van der Waals surface area contributed by atoms with E-state index in [-0.39, 0.29) is 225 Å². The summed E-state index contributed by atoms with van der Waals surface area (Å²) < 4.78 is 93.1. The zero-order valence-corrected chi connectivity index (χ0v) is 85.8. The molecule has 3 atom stereocenters. The summed E-state index contributed by atoms with van der Waals surface area (Å²) in [4.78, 5) is 69.9. The number of rotatable bonds is 12. The number of halogens is 10. The molecule has 3 unspecified atom stereocenters. The fourth-order valence-corrected chi connectivity index (χ4v) is 13.2. The summed E-state index contributed by atoms with van der Waals surface area (Å²) in [5, 5.41) is 53.6. The molecule has 2 aromatic carbocycles. The molecule has 2 amide bonds. The summed E-state index contributed by atoms with van der Waals surface area (Å²) in [6.07, 6.45) is 51.4. The van der Waals surface area contributed by atoms with Crippen molar-refractivity contribution in [3.8, 4) is 24.0 Å². The largest absolute Gasteiger partial charge is 2.00 e. The molecule has 33 heteroatoms. The topological polar surface area (TPSA) is 303 Å². The number of carboxylic acid groups (broad SMARTS) is 1. The van der Waals surface area contributed by atoms with Crippen molar-refractivity contribution in [3.63, 3.8) is 0 Å². The number of carboxylic acids is 1. The maximum absolute atomic E-state index is 13.1. The molecule has 0 aromatic heterocycles. The number of aliphatic hydroxyl groups excluding tert-OH is 2. The molecule has 18 nitrogen and oxygen atoms in total. The number of nitriles is 3. The molecule has 740 valence electrons. The number of nitrogens with zero attached hydrogens (tertiary/aromatic N) is 5. The molecule has 7 N–H and O–H groups in total. The van der Waals surface area contributed by atoms with Gasteiger partial charge in [-0.1, -0.05) is 244 Å². The Kier molecular flexibility index (Phi) is 120. The Balaban J connectivity index is -0.0000000775. The van der Waals surface area contributed by atoms with Gasteiger partial charge in [0.1, 0.15) is 23.7 Å². The first-order valence-electron chi connectivity index (χ1n) is 40.3. The summed E-state index contributed by atoms with van der Waals surface area (Å²) in [5.41, 5.74) is -1.10. The predicted molar refractivity (Wildman–Crippen MR) is 487 cm³/mol. The molecule has 0 radical (unpaired) electrons. The van der Waals surface area contributed by atoms with E-state index in [0.29, 0.717) is 12.1 Å². The summed E-state index contributed by atoms with van der Waals surface area (Å²) in [6, 6.07) is 9.83. The van der Waals surface area contributed by atoms with Crippen LogP contribution < -0.4 is 21.1 Å². The molecular formula is C94H154Cl3F7Fe5N8O10. The van der Waals surface area contributed by atoms with Crippen molar-refractivity contribution in [2.75, 3.05) is 19.8 Å². The maximum atomic E-state index is 13.1. The first-order valence-corrected chi connectivity index (χ1v) is 41.4. The Labute approximate surface area is 833 Å². The van der Waals surface area contributed by atoms with Gasteiger partial charge in [0.2, 0.25) is 17.1 Å². The molecule has 12 rings (SSSR count). The van der Waals surface area contributed by atoms with Crippen molar-refractivity contribution in [1.29, 1.82) is 15.8 Å². The van der Waals surface area contributed by atoms with Gasteiger partial charge >= 0.3 is 125 Å². The monoisotopic (exact) mass is 2070 g/mol. The fourth-order valence-electron chi connectivity index (χ4n) is 13.0. The van der Waals surface area contributed by atoms with Gasteiger partial charge in [0, 0.05) is 31.6 Å². The van der Waals surface area contributed by atoms with Gasteiger partial charge in [-0.05, 0) is 129 Å². The Morgan fingerprint density at radius 3 is 0.850 bits per heavy atom. The number of benzene rings is 2. The van der Waals surface area contributed by atoms with Gasteiger partial charge in [-0.15, -0.1) is 0 Å². The van der Waals surface area contributed by atoms with Crippen LogP contribution in [-0.4, -0.2) is 85.5 Å². The Morgan fingerprint density at radius 1 is 0.425 bits per heavy atom. The molecule has 10 fully saturated rings. The summed E-state index contributed by atoms with van der Waals surface area (Å²) >= 11 is 14.2. The van der Waals surface area contributed by atoms with Gasteiger partial charge in [0.05, 0.1) is 53.0 Å². The third kappa shape index (κ3) is 81.3. The SMILES string of the molecule is C1CCCC1.C1CCCC1.C1CCCC1.C1CCCC1.C1CCCC1.C1CCCC1.CC(N)(C#N)CO.N#Cc1ccc(C(F)(F)F)c(F)c1.O=C(Cl)C(=O)Cl.O=C(Cl)C1CCCC1.O=C(O)C1CCCC1.[C-]#[N+]C(C)(CO)NC(=O)C1CCCC1.[C-]#[N+]C(C)(COc1cc(C#N)ccc1C(F)(F)F)NC(=O)C1CCCC1.[CH3-].[CH3-].[CH3-].[CH3-].[CH3-].[CH3-].[CH3-].[CH3-].[CH3-].[CH3-].[Fe+2].[Fe+2].[Fe+2].[Fe+2].[Fe+2]. The van der Waals surface area contributed by atoms with E-state index in [1.165, 1.54) is 232 Å². The minimum atomic E-state index is -4.71. The van der Waals surface area contributed by atoms with Crippen molar-refractivity contribution in [2.45, 2.75) is 345 Å². The molecule has 127 heavy (non-hydrogen) atoms. The second-order valence-electron chi connectivity index (χ2n) is 30.2. The van der Waals surface area contributed by atoms with Gasteiger partial charge in [-0.3, -0.25) is 49.1 Å². The van der Waals surface area contributed by atoms with Gasteiger partial charge in [-0.2, -0.15) is 42.1 Å². The predicted octanol–water partition coefficient (Wildman–Crippen LogP) is 26.7. The Hall–Kier alpha value is -4.03. The van der Waals surface area contributed by atoms with E-state index in [2.05, 4.69) is 43.5 Å². The fraction of sp³-hybridized carbons (Fsp3) is 0.649. The molecule has 10 aliphatic rings. The molecule has 0 heterocycles. The van der Waals surface area contributed by atoms with Crippen LogP contribution in [0.1, 0.15) is 338 Å². The van der Waals surface area contributed by atoms with Crippen LogP contribution in [-0.2, 0) is 126 Å². The van der Waals surface area contributed by atoms with Crippen LogP contribution in [0.25, 0.3) is 9.69 Å². The number of hydrogen-bond acceptors (Lipinski definition) is 13. The number of nitrogens with one attached hydrogen (secondary N) is 2. The van der Waals surface area contributed by atoms with Gasteiger partial charge in [-0.25, -0.2) is 17.5 Å². The number of ether oxygens (including phenoxy) is 1. The first kappa shape index (κ1) is 160. The minimum Gasteiger partial charge on any atom is -0.482 e.